The Morgan fingerprint density at radius 3 is 2.63 bits per heavy atom. The zero-order valence-corrected chi connectivity index (χ0v) is 11.9. The molecule has 0 atom stereocenters. The van der Waals surface area contributed by atoms with Crippen LogP contribution in [0.3, 0.4) is 0 Å². The molecule has 2 rings (SSSR count). The van der Waals surface area contributed by atoms with Gasteiger partial charge in [0.2, 0.25) is 0 Å². The van der Waals surface area contributed by atoms with Crippen LogP contribution in [0.1, 0.15) is 22.5 Å². The third-order valence-electron chi connectivity index (χ3n) is 3.32. The normalized spacial score (nSPS) is 11.2. The van der Waals surface area contributed by atoms with Crippen molar-refractivity contribution in [3.8, 4) is 0 Å². The molecule has 19 heavy (non-hydrogen) atoms. The van der Waals surface area contributed by atoms with Gasteiger partial charge in [-0.2, -0.15) is 0 Å². The molecule has 1 heterocycles. The van der Waals surface area contributed by atoms with Crippen molar-refractivity contribution in [2.45, 2.75) is 26.6 Å². The van der Waals surface area contributed by atoms with Crippen LogP contribution in [-0.2, 0) is 19.6 Å². The Hall–Kier alpha value is -1.58. The molecule has 2 aromatic rings. The first-order valence-electron chi connectivity index (χ1n) is 6.63. The Morgan fingerprint density at radius 1 is 1.11 bits per heavy atom. The molecule has 3 heteroatoms. The number of nitrogens with zero attached hydrogens (tertiary/aromatic N) is 1. The molecule has 0 saturated carbocycles. The van der Waals surface area contributed by atoms with Gasteiger partial charge in [-0.1, -0.05) is 24.3 Å². The molecular weight excluding hydrogens is 236 g/mol. The van der Waals surface area contributed by atoms with E-state index in [9.17, 15) is 0 Å². The first-order valence-corrected chi connectivity index (χ1v) is 6.63. The Bertz CT molecular complexity index is 519. The standard InChI is InChI=1S/C16H22N2O/c1-13-6-4-5-7-15(13)11-18(3)12-16-14(10-17-2)8-9-19-16/h4-9,17H,10-12H2,1-3H3. The number of furan rings is 1. The predicted octanol–water partition coefficient (Wildman–Crippen LogP) is 2.94. The highest BCUT2D eigenvalue weighted by Crippen LogP contribution is 2.15. The minimum atomic E-state index is 0.832. The average Bonchev–Trinajstić information content (AvgIpc) is 2.80. The lowest BCUT2D eigenvalue weighted by molar-refractivity contribution is 0.285. The van der Waals surface area contributed by atoms with Gasteiger partial charge in [0.25, 0.3) is 0 Å². The average molecular weight is 258 g/mol. The molecule has 0 aliphatic rings. The van der Waals surface area contributed by atoms with Crippen molar-refractivity contribution in [2.75, 3.05) is 14.1 Å². The summed E-state index contributed by atoms with van der Waals surface area (Å²) in [5.74, 6) is 1.05. The lowest BCUT2D eigenvalue weighted by atomic mass is 10.1. The summed E-state index contributed by atoms with van der Waals surface area (Å²) in [6, 6.07) is 10.5. The van der Waals surface area contributed by atoms with Crippen LogP contribution in [0, 0.1) is 6.92 Å². The molecule has 0 unspecified atom stereocenters. The van der Waals surface area contributed by atoms with Crippen LogP contribution >= 0.6 is 0 Å². The smallest absolute Gasteiger partial charge is 0.122 e. The third kappa shape index (κ3) is 3.69. The second kappa shape index (κ2) is 6.55. The zero-order chi connectivity index (χ0) is 13.7. The molecule has 0 aliphatic carbocycles. The van der Waals surface area contributed by atoms with Gasteiger partial charge in [0.15, 0.2) is 0 Å². The first-order chi connectivity index (χ1) is 9.20. The number of rotatable bonds is 6. The van der Waals surface area contributed by atoms with Crippen molar-refractivity contribution < 1.29 is 4.42 Å². The summed E-state index contributed by atoms with van der Waals surface area (Å²) in [6.45, 7) is 4.78. The van der Waals surface area contributed by atoms with Crippen LogP contribution in [0.2, 0.25) is 0 Å². The van der Waals surface area contributed by atoms with Crippen LogP contribution in [-0.4, -0.2) is 19.0 Å². The highest BCUT2D eigenvalue weighted by atomic mass is 16.3. The van der Waals surface area contributed by atoms with E-state index in [4.69, 9.17) is 4.42 Å². The number of aryl methyl sites for hydroxylation is 1. The van der Waals surface area contributed by atoms with Gasteiger partial charge in [0.05, 0.1) is 12.8 Å². The van der Waals surface area contributed by atoms with Gasteiger partial charge in [-0.15, -0.1) is 0 Å². The molecule has 0 saturated heterocycles. The van der Waals surface area contributed by atoms with Crippen molar-refractivity contribution >= 4 is 0 Å². The van der Waals surface area contributed by atoms with Gasteiger partial charge in [0.1, 0.15) is 5.76 Å². The summed E-state index contributed by atoms with van der Waals surface area (Å²) >= 11 is 0. The van der Waals surface area contributed by atoms with Crippen LogP contribution in [0.5, 0.6) is 0 Å². The maximum absolute atomic E-state index is 5.57. The molecule has 0 bridgehead atoms. The molecule has 102 valence electrons. The molecular formula is C16H22N2O. The maximum atomic E-state index is 5.57. The predicted molar refractivity (Wildman–Crippen MR) is 77.8 cm³/mol. The second-order valence-electron chi connectivity index (χ2n) is 5.00. The van der Waals surface area contributed by atoms with Crippen LogP contribution in [0.15, 0.2) is 41.0 Å². The number of hydrogen-bond acceptors (Lipinski definition) is 3. The summed E-state index contributed by atoms with van der Waals surface area (Å²) in [6.07, 6.45) is 1.77. The van der Waals surface area contributed by atoms with Crippen LogP contribution in [0.25, 0.3) is 0 Å². The Kier molecular flexibility index (Phi) is 4.77. The van der Waals surface area contributed by atoms with Crippen molar-refractivity contribution in [2.24, 2.45) is 0 Å². The fraction of sp³-hybridized carbons (Fsp3) is 0.375. The van der Waals surface area contributed by atoms with Gasteiger partial charge < -0.3 is 9.73 Å². The van der Waals surface area contributed by atoms with E-state index in [-0.39, 0.29) is 0 Å². The second-order valence-corrected chi connectivity index (χ2v) is 5.00. The summed E-state index contributed by atoms with van der Waals surface area (Å²) in [5.41, 5.74) is 3.94. The molecule has 0 spiro atoms. The monoisotopic (exact) mass is 258 g/mol. The number of nitrogens with one attached hydrogen (secondary N) is 1. The maximum Gasteiger partial charge on any atom is 0.122 e. The van der Waals surface area contributed by atoms with Crippen LogP contribution in [0.4, 0.5) is 0 Å². The highest BCUT2D eigenvalue weighted by molar-refractivity contribution is 5.25. The van der Waals surface area contributed by atoms with E-state index in [0.717, 1.165) is 25.4 Å². The van der Waals surface area contributed by atoms with Gasteiger partial charge >= 0.3 is 0 Å². The third-order valence-corrected chi connectivity index (χ3v) is 3.32. The van der Waals surface area contributed by atoms with E-state index in [1.807, 2.05) is 13.1 Å². The molecule has 1 N–H and O–H groups in total. The van der Waals surface area contributed by atoms with Crippen molar-refractivity contribution in [3.05, 3.63) is 59.0 Å². The fourth-order valence-electron chi connectivity index (χ4n) is 2.23. The zero-order valence-electron chi connectivity index (χ0n) is 11.9. The Labute approximate surface area is 115 Å². The Morgan fingerprint density at radius 2 is 1.89 bits per heavy atom. The quantitative estimate of drug-likeness (QED) is 0.863. The summed E-state index contributed by atoms with van der Waals surface area (Å²) in [5, 5.41) is 3.16. The van der Waals surface area contributed by atoms with Crippen molar-refractivity contribution in [1.29, 1.82) is 0 Å². The topological polar surface area (TPSA) is 28.4 Å². The molecule has 0 aliphatic heterocycles. The summed E-state index contributed by atoms with van der Waals surface area (Å²) in [4.78, 5) is 2.28. The molecule has 0 radical (unpaired) electrons. The summed E-state index contributed by atoms with van der Waals surface area (Å²) in [7, 11) is 4.08. The summed E-state index contributed by atoms with van der Waals surface area (Å²) < 4.78 is 5.57. The lowest BCUT2D eigenvalue weighted by Crippen LogP contribution is -2.19. The Balaban J connectivity index is 1.99. The van der Waals surface area contributed by atoms with Gasteiger partial charge in [-0.3, -0.25) is 4.90 Å². The van der Waals surface area contributed by atoms with Gasteiger partial charge in [-0.25, -0.2) is 0 Å². The highest BCUT2D eigenvalue weighted by Gasteiger charge is 2.09. The molecule has 1 aromatic heterocycles. The largest absolute Gasteiger partial charge is 0.468 e. The van der Waals surface area contributed by atoms with E-state index < -0.39 is 0 Å². The lowest BCUT2D eigenvalue weighted by Gasteiger charge is -2.17. The van der Waals surface area contributed by atoms with Crippen molar-refractivity contribution in [3.63, 3.8) is 0 Å². The molecule has 3 nitrogen and oxygen atoms in total. The van der Waals surface area contributed by atoms with E-state index in [1.54, 1.807) is 6.26 Å². The number of hydrogen-bond donors (Lipinski definition) is 1. The van der Waals surface area contributed by atoms with E-state index >= 15 is 0 Å². The molecule has 0 fully saturated rings. The minimum absolute atomic E-state index is 0.832. The SMILES string of the molecule is CNCc1ccoc1CN(C)Cc1ccccc1C. The van der Waals surface area contributed by atoms with E-state index in [1.165, 1.54) is 16.7 Å². The first kappa shape index (κ1) is 13.8. The van der Waals surface area contributed by atoms with Gasteiger partial charge in [0, 0.05) is 18.7 Å². The van der Waals surface area contributed by atoms with Crippen molar-refractivity contribution in [1.82, 2.24) is 10.2 Å². The molecule has 1 aromatic carbocycles. The minimum Gasteiger partial charge on any atom is -0.468 e. The number of benzene rings is 1. The van der Waals surface area contributed by atoms with E-state index in [2.05, 4.69) is 48.5 Å². The fourth-order valence-corrected chi connectivity index (χ4v) is 2.23. The van der Waals surface area contributed by atoms with E-state index in [0.29, 0.717) is 0 Å². The van der Waals surface area contributed by atoms with Gasteiger partial charge in [-0.05, 0) is 38.2 Å². The van der Waals surface area contributed by atoms with Crippen LogP contribution < -0.4 is 5.32 Å². The molecule has 0 amide bonds.